The summed E-state index contributed by atoms with van der Waals surface area (Å²) in [6.45, 7) is 4.73. The molecule has 2 aliphatic rings. The lowest BCUT2D eigenvalue weighted by Gasteiger charge is -2.26. The first-order valence-corrected chi connectivity index (χ1v) is 9.45. The van der Waals surface area contributed by atoms with Crippen LogP contribution in [-0.2, 0) is 4.74 Å². The van der Waals surface area contributed by atoms with Crippen molar-refractivity contribution >= 4 is 18.4 Å². The van der Waals surface area contributed by atoms with Crippen LogP contribution in [0.2, 0.25) is 0 Å². The van der Waals surface area contributed by atoms with Crippen molar-refractivity contribution in [2.45, 2.75) is 38.1 Å². The molecule has 1 saturated carbocycles. The zero-order valence-electron chi connectivity index (χ0n) is 14.4. The maximum absolute atomic E-state index is 12.2. The van der Waals surface area contributed by atoms with Gasteiger partial charge in [0.25, 0.3) is 5.56 Å². The molecule has 2 N–H and O–H groups in total. The van der Waals surface area contributed by atoms with Crippen molar-refractivity contribution in [1.29, 1.82) is 0 Å². The maximum Gasteiger partial charge on any atom is 0.264 e. The van der Waals surface area contributed by atoms with E-state index in [1.807, 2.05) is 0 Å². The molecular weight excluding hydrogens is 340 g/mol. The molecule has 8 heteroatoms. The highest BCUT2D eigenvalue weighted by molar-refractivity contribution is 7.71. The van der Waals surface area contributed by atoms with Gasteiger partial charge in [0, 0.05) is 31.9 Å². The molecule has 1 aromatic heterocycles. The molecule has 0 radical (unpaired) electrons. The predicted octanol–water partition coefficient (Wildman–Crippen LogP) is 1.87. The SMILES string of the molecule is O=c1[nH]c(=S)n(C2CCCCC2)c(O)c1C=NCCN1CCOCC1. The number of nitrogens with zero attached hydrogens (tertiary/aromatic N) is 3. The molecule has 1 aliphatic carbocycles. The third-order valence-electron chi connectivity index (χ3n) is 4.96. The first-order valence-electron chi connectivity index (χ1n) is 9.04. The average molecular weight is 366 g/mol. The summed E-state index contributed by atoms with van der Waals surface area (Å²) in [7, 11) is 0. The second-order valence-electron chi connectivity index (χ2n) is 6.65. The molecule has 0 unspecified atom stereocenters. The van der Waals surface area contributed by atoms with Crippen LogP contribution in [0.4, 0.5) is 0 Å². The highest BCUT2D eigenvalue weighted by Gasteiger charge is 2.21. The third-order valence-corrected chi connectivity index (χ3v) is 5.26. The Labute approximate surface area is 152 Å². The zero-order valence-corrected chi connectivity index (χ0v) is 15.3. The Kier molecular flexibility index (Phi) is 6.39. The van der Waals surface area contributed by atoms with Crippen molar-refractivity contribution in [3.05, 3.63) is 20.7 Å². The summed E-state index contributed by atoms with van der Waals surface area (Å²) >= 11 is 5.27. The lowest BCUT2D eigenvalue weighted by atomic mass is 9.95. The van der Waals surface area contributed by atoms with E-state index in [2.05, 4.69) is 14.9 Å². The number of H-pyrrole nitrogens is 1. The summed E-state index contributed by atoms with van der Waals surface area (Å²) in [5.41, 5.74) is -0.189. The zero-order chi connectivity index (χ0) is 17.6. The van der Waals surface area contributed by atoms with Crippen LogP contribution in [-0.4, -0.2) is 65.2 Å². The van der Waals surface area contributed by atoms with E-state index >= 15 is 0 Å². The number of morpholine rings is 1. The third kappa shape index (κ3) is 4.56. The van der Waals surface area contributed by atoms with Crippen LogP contribution in [0, 0.1) is 4.77 Å². The van der Waals surface area contributed by atoms with Gasteiger partial charge >= 0.3 is 0 Å². The Morgan fingerprint density at radius 1 is 1.28 bits per heavy atom. The first-order chi connectivity index (χ1) is 12.2. The molecular formula is C17H26N4O3S. The fourth-order valence-electron chi connectivity index (χ4n) is 3.53. The molecule has 0 bridgehead atoms. The summed E-state index contributed by atoms with van der Waals surface area (Å²) < 4.78 is 7.30. The van der Waals surface area contributed by atoms with Crippen LogP contribution in [0.15, 0.2) is 9.79 Å². The fourth-order valence-corrected chi connectivity index (χ4v) is 3.85. The number of aromatic amines is 1. The Hall–Kier alpha value is -1.51. The maximum atomic E-state index is 12.2. The van der Waals surface area contributed by atoms with E-state index in [9.17, 15) is 9.90 Å². The second-order valence-corrected chi connectivity index (χ2v) is 7.03. The van der Waals surface area contributed by atoms with E-state index < -0.39 is 0 Å². The lowest BCUT2D eigenvalue weighted by molar-refractivity contribution is 0.0395. The smallest absolute Gasteiger partial charge is 0.264 e. The molecule has 138 valence electrons. The molecule has 1 saturated heterocycles. The van der Waals surface area contributed by atoms with Gasteiger partial charge in [-0.1, -0.05) is 19.3 Å². The topological polar surface area (TPSA) is 82.8 Å². The predicted molar refractivity (Wildman–Crippen MR) is 99.4 cm³/mol. The van der Waals surface area contributed by atoms with Crippen molar-refractivity contribution in [2.24, 2.45) is 4.99 Å². The van der Waals surface area contributed by atoms with Crippen LogP contribution in [0.25, 0.3) is 0 Å². The molecule has 0 aromatic carbocycles. The number of nitrogens with one attached hydrogen (secondary N) is 1. The van der Waals surface area contributed by atoms with Crippen LogP contribution < -0.4 is 5.56 Å². The molecule has 0 amide bonds. The number of aromatic nitrogens is 2. The van der Waals surface area contributed by atoms with Gasteiger partial charge in [-0.3, -0.25) is 24.2 Å². The van der Waals surface area contributed by atoms with Crippen LogP contribution in [0.1, 0.15) is 43.7 Å². The number of ether oxygens (including phenoxy) is 1. The van der Waals surface area contributed by atoms with E-state index in [0.717, 1.165) is 58.5 Å². The molecule has 25 heavy (non-hydrogen) atoms. The summed E-state index contributed by atoms with van der Waals surface area (Å²) in [4.78, 5) is 21.5. The number of hydrogen-bond acceptors (Lipinski definition) is 6. The van der Waals surface area contributed by atoms with Gasteiger partial charge in [-0.25, -0.2) is 0 Å². The van der Waals surface area contributed by atoms with Gasteiger partial charge in [-0.2, -0.15) is 0 Å². The Bertz CT molecular complexity index is 716. The van der Waals surface area contributed by atoms with Crippen molar-refractivity contribution in [3.8, 4) is 5.88 Å². The number of hydrogen-bond donors (Lipinski definition) is 2. The summed E-state index contributed by atoms with van der Waals surface area (Å²) in [6, 6.07) is 0.151. The summed E-state index contributed by atoms with van der Waals surface area (Å²) in [6.07, 6.45) is 6.87. The van der Waals surface area contributed by atoms with Crippen molar-refractivity contribution in [2.75, 3.05) is 39.4 Å². The highest BCUT2D eigenvalue weighted by Crippen LogP contribution is 2.31. The first kappa shape index (κ1) is 18.3. The molecule has 0 spiro atoms. The monoisotopic (exact) mass is 366 g/mol. The van der Waals surface area contributed by atoms with Gasteiger partial charge in [0.05, 0.1) is 19.8 Å². The van der Waals surface area contributed by atoms with Crippen molar-refractivity contribution in [3.63, 3.8) is 0 Å². The molecule has 1 aliphatic heterocycles. The second kappa shape index (κ2) is 8.73. The van der Waals surface area contributed by atoms with E-state index in [1.54, 1.807) is 4.57 Å². The number of aromatic hydroxyl groups is 1. The van der Waals surface area contributed by atoms with E-state index in [4.69, 9.17) is 17.0 Å². The Balaban J connectivity index is 1.72. The Morgan fingerprint density at radius 3 is 2.72 bits per heavy atom. The van der Waals surface area contributed by atoms with Crippen molar-refractivity contribution < 1.29 is 9.84 Å². The molecule has 1 aromatic rings. The van der Waals surface area contributed by atoms with Gasteiger partial charge in [0.1, 0.15) is 5.56 Å². The van der Waals surface area contributed by atoms with Crippen LogP contribution >= 0.6 is 12.2 Å². The van der Waals surface area contributed by atoms with E-state index in [-0.39, 0.29) is 23.0 Å². The highest BCUT2D eigenvalue weighted by atomic mass is 32.1. The number of aliphatic imine (C=N–C) groups is 1. The van der Waals surface area contributed by atoms with Crippen LogP contribution in [0.3, 0.4) is 0 Å². The Morgan fingerprint density at radius 2 is 2.00 bits per heavy atom. The fraction of sp³-hybridized carbons (Fsp3) is 0.706. The van der Waals surface area contributed by atoms with Crippen molar-refractivity contribution in [1.82, 2.24) is 14.5 Å². The minimum atomic E-state index is -0.385. The normalized spacial score (nSPS) is 20.3. The summed E-state index contributed by atoms with van der Waals surface area (Å²) in [5, 5.41) is 10.6. The van der Waals surface area contributed by atoms with Gasteiger partial charge in [-0.05, 0) is 25.1 Å². The van der Waals surface area contributed by atoms with Crippen LogP contribution in [0.5, 0.6) is 5.88 Å². The van der Waals surface area contributed by atoms with Gasteiger partial charge in [0.15, 0.2) is 4.77 Å². The quantitative estimate of drug-likeness (QED) is 0.614. The molecule has 2 heterocycles. The molecule has 7 nitrogen and oxygen atoms in total. The van der Waals surface area contributed by atoms with Gasteiger partial charge in [0.2, 0.25) is 5.88 Å². The largest absolute Gasteiger partial charge is 0.494 e. The van der Waals surface area contributed by atoms with E-state index in [0.29, 0.717) is 11.3 Å². The molecule has 0 atom stereocenters. The molecule has 2 fully saturated rings. The standard InChI is InChI=1S/C17H26N4O3S/c22-15-14(12-18-6-7-20-8-10-24-11-9-20)16(23)21(17(25)19-15)13-4-2-1-3-5-13/h12-13,23H,1-11H2,(H,19,22,25). The van der Waals surface area contributed by atoms with Gasteiger partial charge < -0.3 is 9.84 Å². The molecule has 3 rings (SSSR count). The van der Waals surface area contributed by atoms with Gasteiger partial charge in [-0.15, -0.1) is 0 Å². The lowest BCUT2D eigenvalue weighted by Crippen LogP contribution is -2.37. The minimum absolute atomic E-state index is 0.0595. The number of rotatable bonds is 5. The van der Waals surface area contributed by atoms with E-state index in [1.165, 1.54) is 12.6 Å². The summed E-state index contributed by atoms with van der Waals surface area (Å²) in [5.74, 6) is -0.0595. The minimum Gasteiger partial charge on any atom is -0.494 e. The average Bonchev–Trinajstić information content (AvgIpc) is 2.62.